The average molecular weight is 828 g/mol. The molecule has 0 amide bonds. The number of aromatic nitrogens is 8. The molecule has 15 nitrogen and oxygen atoms in total. The van der Waals surface area contributed by atoms with Gasteiger partial charge in [0.2, 0.25) is 0 Å². The Balaban J connectivity index is 0.000000328. The Morgan fingerprint density at radius 2 is 1.16 bits per heavy atom. The number of nitriles is 1. The first kappa shape index (κ1) is 42.9. The van der Waals surface area contributed by atoms with Crippen LogP contribution in [-0.4, -0.2) is 54.5 Å². The van der Waals surface area contributed by atoms with Gasteiger partial charge in [0.15, 0.2) is 14.9 Å². The topological polar surface area (TPSA) is 241 Å². The molecule has 4 heterocycles. The van der Waals surface area contributed by atoms with Crippen LogP contribution in [0, 0.1) is 18.3 Å². The van der Waals surface area contributed by atoms with Crippen molar-refractivity contribution in [2.75, 3.05) is 6.26 Å². The highest BCUT2D eigenvalue weighted by Crippen LogP contribution is 2.18. The minimum absolute atomic E-state index is 0.0208. The van der Waals surface area contributed by atoms with Gasteiger partial charge in [-0.2, -0.15) is 5.26 Å². The van der Waals surface area contributed by atoms with Crippen LogP contribution in [0.15, 0.2) is 52.0 Å². The summed E-state index contributed by atoms with van der Waals surface area (Å²) < 4.78 is 23.3. The van der Waals surface area contributed by atoms with E-state index in [9.17, 15) is 27.6 Å². The summed E-state index contributed by atoms with van der Waals surface area (Å²) >= 11 is 6.38. The Bertz CT molecular complexity index is 2110. The molecule has 266 valence electrons. The van der Waals surface area contributed by atoms with Crippen LogP contribution in [-0.2, 0) is 9.84 Å². The molecular weight excluding hydrogens is 786 g/mol. The molecule has 0 aliphatic carbocycles. The zero-order valence-corrected chi connectivity index (χ0v) is 32.9. The molecule has 4 aromatic rings. The lowest BCUT2D eigenvalue weighted by Gasteiger charge is -2.03. The molecule has 0 aromatic carbocycles. The van der Waals surface area contributed by atoms with Gasteiger partial charge in [-0.25, -0.2) is 18.4 Å². The van der Waals surface area contributed by atoms with E-state index in [4.69, 9.17) is 5.26 Å². The maximum absolute atomic E-state index is 11.3. The number of rotatable bonds is 5. The quantitative estimate of drug-likeness (QED) is 0.215. The zero-order chi connectivity index (χ0) is 37.8. The predicted octanol–water partition coefficient (Wildman–Crippen LogP) is 4.68. The number of aryl methyl sites for hydroxylation is 1. The van der Waals surface area contributed by atoms with E-state index >= 15 is 0 Å². The van der Waals surface area contributed by atoms with E-state index in [0.717, 1.165) is 11.8 Å². The highest BCUT2D eigenvalue weighted by molar-refractivity contribution is 9.13. The van der Waals surface area contributed by atoms with Crippen LogP contribution < -0.4 is 22.2 Å². The highest BCUT2D eigenvalue weighted by atomic mass is 79.9. The third-order valence-corrected chi connectivity index (χ3v) is 8.88. The van der Waals surface area contributed by atoms with Crippen molar-refractivity contribution < 1.29 is 8.42 Å². The van der Waals surface area contributed by atoms with Crippen molar-refractivity contribution in [3.63, 3.8) is 0 Å². The Morgan fingerprint density at radius 1 is 0.673 bits per heavy atom. The van der Waals surface area contributed by atoms with E-state index in [1.165, 1.54) is 12.4 Å². The zero-order valence-electron chi connectivity index (χ0n) is 28.9. The fourth-order valence-corrected chi connectivity index (χ4v) is 4.67. The van der Waals surface area contributed by atoms with Gasteiger partial charge in [0.05, 0.1) is 12.4 Å². The molecule has 0 bridgehead atoms. The monoisotopic (exact) mass is 825 g/mol. The van der Waals surface area contributed by atoms with Crippen molar-refractivity contribution >= 4 is 41.7 Å². The molecule has 18 heteroatoms. The Hall–Kier alpha value is -4.08. The first-order valence-electron chi connectivity index (χ1n) is 14.9. The summed E-state index contributed by atoms with van der Waals surface area (Å²) in [4.78, 5) is 70.8. The maximum Gasteiger partial charge on any atom is 0.270 e. The first-order valence-corrected chi connectivity index (χ1v) is 18.4. The van der Waals surface area contributed by atoms with Crippen LogP contribution >= 0.6 is 31.9 Å². The van der Waals surface area contributed by atoms with E-state index < -0.39 is 15.4 Å². The number of hydrogen-bond donors (Lipinski definition) is 4. The van der Waals surface area contributed by atoms with Crippen molar-refractivity contribution in [2.24, 2.45) is 0 Å². The fraction of sp³-hybridized carbons (Fsp3) is 0.452. The SMILES string of the molecule is CC(C)c1nc(Br)c(Br)[nH]c1=O.CC(C)c1ncc(C#N)[nH]c1=O.CC(C)c1ncc(S(C)(=O)=O)[nH]c1=O.Cc1ncc(C(C)C)c(=O)[nH]1. The number of halogens is 2. The van der Waals surface area contributed by atoms with E-state index in [1.807, 2.05) is 61.5 Å². The van der Waals surface area contributed by atoms with E-state index in [-0.39, 0.29) is 51.1 Å². The lowest BCUT2D eigenvalue weighted by molar-refractivity contribution is 0.596. The highest BCUT2D eigenvalue weighted by Gasteiger charge is 2.13. The van der Waals surface area contributed by atoms with E-state index in [0.29, 0.717) is 32.1 Å². The predicted molar refractivity (Wildman–Crippen MR) is 194 cm³/mol. The van der Waals surface area contributed by atoms with Crippen molar-refractivity contribution in [3.05, 3.63) is 103 Å². The molecule has 0 saturated heterocycles. The molecule has 0 unspecified atom stereocenters. The number of hydrogen-bond acceptors (Lipinski definition) is 11. The van der Waals surface area contributed by atoms with Crippen LogP contribution in [0.4, 0.5) is 0 Å². The van der Waals surface area contributed by atoms with Crippen molar-refractivity contribution in [2.45, 2.75) is 91.0 Å². The molecule has 4 rings (SSSR count). The standard InChI is InChI=1S/C8H9N3O.C8H12N2O3S.C8H12N2O.C7H8Br2N2O/c1-5(2)7-8(12)11-6(3-9)4-10-7;1-5(2)7-8(11)10-6(4-9-7)14(3,12)13;1-5(2)7-4-9-6(3)10-8(7)11;1-3(2)4-7(12)11-6(9)5(8)10-4/h4-5H,1-2H3,(H,11,12);4-5H,1-3H3,(H,10,11);4-5H,1-3H3,(H,9,10,11);3H,1-2H3,(H,11,12). The molecule has 49 heavy (non-hydrogen) atoms. The average Bonchev–Trinajstić information content (AvgIpc) is 2.98. The number of nitrogens with zero attached hydrogens (tertiary/aromatic N) is 5. The molecule has 0 radical (unpaired) electrons. The molecule has 0 fully saturated rings. The summed E-state index contributed by atoms with van der Waals surface area (Å²) in [5.74, 6) is 1.11. The summed E-state index contributed by atoms with van der Waals surface area (Å²) in [5.41, 5.74) is 1.43. The molecule has 4 N–H and O–H groups in total. The number of H-pyrrole nitrogens is 4. The van der Waals surface area contributed by atoms with Crippen LogP contribution in [0.25, 0.3) is 0 Å². The fourth-order valence-electron chi connectivity index (χ4n) is 3.59. The van der Waals surface area contributed by atoms with Gasteiger partial charge < -0.3 is 19.9 Å². The third-order valence-electron chi connectivity index (χ3n) is 6.20. The normalized spacial score (nSPS) is 10.8. The lowest BCUT2D eigenvalue weighted by atomic mass is 10.1. The first-order chi connectivity index (χ1) is 22.6. The summed E-state index contributed by atoms with van der Waals surface area (Å²) in [7, 11) is -3.39. The summed E-state index contributed by atoms with van der Waals surface area (Å²) in [6, 6.07) is 1.82. The van der Waals surface area contributed by atoms with Gasteiger partial charge in [0.1, 0.15) is 43.9 Å². The van der Waals surface area contributed by atoms with Crippen LogP contribution in [0.5, 0.6) is 0 Å². The van der Waals surface area contributed by atoms with Crippen LogP contribution in [0.2, 0.25) is 0 Å². The van der Waals surface area contributed by atoms with Gasteiger partial charge in [-0.1, -0.05) is 55.4 Å². The van der Waals surface area contributed by atoms with Crippen molar-refractivity contribution in [1.29, 1.82) is 5.26 Å². The van der Waals surface area contributed by atoms with E-state index in [1.54, 1.807) is 13.1 Å². The minimum atomic E-state index is -3.39. The number of sulfone groups is 1. The number of nitrogens with one attached hydrogen (secondary N) is 4. The molecule has 0 aliphatic rings. The molecule has 0 spiro atoms. The second kappa shape index (κ2) is 19.2. The molecule has 0 saturated carbocycles. The smallest absolute Gasteiger partial charge is 0.270 e. The number of aromatic amines is 4. The minimum Gasteiger partial charge on any atom is -0.313 e. The van der Waals surface area contributed by atoms with Gasteiger partial charge >= 0.3 is 0 Å². The van der Waals surface area contributed by atoms with E-state index in [2.05, 4.69) is 71.7 Å². The van der Waals surface area contributed by atoms with Gasteiger partial charge in [-0.05, 0) is 44.7 Å². The van der Waals surface area contributed by atoms with Gasteiger partial charge in [0.25, 0.3) is 22.2 Å². The maximum atomic E-state index is 11.3. The van der Waals surface area contributed by atoms with Crippen LogP contribution in [0.3, 0.4) is 0 Å². The van der Waals surface area contributed by atoms with Gasteiger partial charge in [0, 0.05) is 35.8 Å². The lowest BCUT2D eigenvalue weighted by Crippen LogP contribution is -2.19. The molecular formula is C31H41Br2N9O6S. The van der Waals surface area contributed by atoms with Gasteiger partial charge in [-0.3, -0.25) is 29.1 Å². The Kier molecular flexibility index (Phi) is 16.8. The van der Waals surface area contributed by atoms with Crippen LogP contribution in [0.1, 0.15) is 113 Å². The van der Waals surface area contributed by atoms with Gasteiger partial charge in [-0.15, -0.1) is 0 Å². The Morgan fingerprint density at radius 3 is 1.57 bits per heavy atom. The summed E-state index contributed by atoms with van der Waals surface area (Å²) in [6.45, 7) is 17.0. The summed E-state index contributed by atoms with van der Waals surface area (Å²) in [5, 5.41) is 8.29. The summed E-state index contributed by atoms with van der Waals surface area (Å²) in [6.07, 6.45) is 5.20. The molecule has 0 aliphatic heterocycles. The Labute approximate surface area is 300 Å². The van der Waals surface area contributed by atoms with Crippen molar-refractivity contribution in [1.82, 2.24) is 39.9 Å². The molecule has 0 atom stereocenters. The second-order valence-electron chi connectivity index (χ2n) is 11.8. The molecule has 4 aromatic heterocycles. The van der Waals surface area contributed by atoms with Crippen molar-refractivity contribution in [3.8, 4) is 6.07 Å². The second-order valence-corrected chi connectivity index (χ2v) is 15.3. The largest absolute Gasteiger partial charge is 0.313 e. The third kappa shape index (κ3) is 13.8.